The van der Waals surface area contributed by atoms with E-state index in [-0.39, 0.29) is 22.1 Å². The molecule has 1 aromatic heterocycles. The number of aryl methyl sites for hydroxylation is 3. The minimum absolute atomic E-state index is 0.186. The molecule has 2 aromatic carbocycles. The number of rotatable bonds is 8. The lowest BCUT2D eigenvalue weighted by Gasteiger charge is -2.14. The maximum absolute atomic E-state index is 13.3. The smallest absolute Gasteiger partial charge is 0.265 e. The summed E-state index contributed by atoms with van der Waals surface area (Å²) in [5.74, 6) is -0.389. The summed E-state index contributed by atoms with van der Waals surface area (Å²) in [7, 11) is -2.19. The van der Waals surface area contributed by atoms with Crippen LogP contribution in [0.3, 0.4) is 0 Å². The monoisotopic (exact) mass is 440 g/mol. The molecule has 0 aliphatic rings. The summed E-state index contributed by atoms with van der Waals surface area (Å²) in [6.45, 7) is 5.82. The molecule has 0 aliphatic carbocycles. The first-order chi connectivity index (χ1) is 14.8. The largest absolute Gasteiger partial charge is 0.322 e. The van der Waals surface area contributed by atoms with E-state index >= 15 is 0 Å². The number of hydrogen-bond donors (Lipinski definition) is 2. The van der Waals surface area contributed by atoms with E-state index in [9.17, 15) is 13.2 Å². The molecular formula is C23H28N4O3S. The first-order valence-corrected chi connectivity index (χ1v) is 11.9. The van der Waals surface area contributed by atoms with Crippen molar-refractivity contribution < 1.29 is 13.2 Å². The molecule has 0 radical (unpaired) electrons. The number of carbonyl (C=O) groups is 1. The van der Waals surface area contributed by atoms with E-state index in [4.69, 9.17) is 0 Å². The minimum Gasteiger partial charge on any atom is -0.322 e. The molecule has 3 aromatic rings. The molecule has 3 rings (SSSR count). The van der Waals surface area contributed by atoms with E-state index in [1.165, 1.54) is 5.56 Å². The highest BCUT2D eigenvalue weighted by atomic mass is 32.2. The van der Waals surface area contributed by atoms with Crippen molar-refractivity contribution in [3.05, 3.63) is 71.0 Å². The van der Waals surface area contributed by atoms with Crippen molar-refractivity contribution in [2.24, 2.45) is 7.05 Å². The fraction of sp³-hybridized carbons (Fsp3) is 0.304. The number of para-hydroxylation sites is 1. The molecule has 0 unspecified atom stereocenters. The Bertz CT molecular complexity index is 1180. The number of benzene rings is 2. The number of aromatic nitrogens is 2. The zero-order valence-electron chi connectivity index (χ0n) is 18.3. The maximum Gasteiger partial charge on any atom is 0.265 e. The molecule has 1 heterocycles. The van der Waals surface area contributed by atoms with Gasteiger partial charge >= 0.3 is 0 Å². The van der Waals surface area contributed by atoms with Crippen LogP contribution >= 0.6 is 0 Å². The van der Waals surface area contributed by atoms with Gasteiger partial charge in [0.25, 0.3) is 15.9 Å². The van der Waals surface area contributed by atoms with Gasteiger partial charge in [-0.15, -0.1) is 0 Å². The SMILES string of the molecule is CCc1ccc(NC(=O)c2ccccc2NS(=O)(=O)c2c(CC)nn(C)c2CC)cc1. The maximum atomic E-state index is 13.3. The molecule has 1 amide bonds. The number of carbonyl (C=O) groups excluding carboxylic acids is 1. The molecule has 8 heteroatoms. The van der Waals surface area contributed by atoms with Crippen molar-refractivity contribution in [3.63, 3.8) is 0 Å². The van der Waals surface area contributed by atoms with Crippen molar-refractivity contribution in [2.75, 3.05) is 10.0 Å². The molecule has 0 spiro atoms. The molecule has 0 fully saturated rings. The van der Waals surface area contributed by atoms with Gasteiger partial charge in [0.05, 0.1) is 22.6 Å². The van der Waals surface area contributed by atoms with Crippen LogP contribution in [0.4, 0.5) is 11.4 Å². The van der Waals surface area contributed by atoms with E-state index in [1.807, 2.05) is 38.1 Å². The average Bonchev–Trinajstić information content (AvgIpc) is 3.10. The van der Waals surface area contributed by atoms with Gasteiger partial charge in [-0.3, -0.25) is 14.2 Å². The van der Waals surface area contributed by atoms with Gasteiger partial charge < -0.3 is 5.32 Å². The Morgan fingerprint density at radius 3 is 2.26 bits per heavy atom. The van der Waals surface area contributed by atoms with E-state index in [1.54, 1.807) is 36.0 Å². The van der Waals surface area contributed by atoms with Crippen LogP contribution < -0.4 is 10.0 Å². The number of nitrogens with one attached hydrogen (secondary N) is 2. The standard InChI is InChI=1S/C23H28N4O3S/c1-5-16-12-14-17(15-13-16)24-23(28)18-10-8-9-11-20(18)26-31(29,30)22-19(6-2)25-27(4)21(22)7-3/h8-15,26H,5-7H2,1-4H3,(H,24,28). The summed E-state index contributed by atoms with van der Waals surface area (Å²) in [4.78, 5) is 13.1. The summed E-state index contributed by atoms with van der Waals surface area (Å²) in [6, 6.07) is 14.1. The van der Waals surface area contributed by atoms with E-state index in [0.717, 1.165) is 6.42 Å². The van der Waals surface area contributed by atoms with Gasteiger partial charge in [0.2, 0.25) is 0 Å². The predicted molar refractivity (Wildman–Crippen MR) is 123 cm³/mol. The minimum atomic E-state index is -3.93. The van der Waals surface area contributed by atoms with Gasteiger partial charge in [-0.25, -0.2) is 8.42 Å². The quantitative estimate of drug-likeness (QED) is 0.550. The van der Waals surface area contributed by atoms with Crippen LogP contribution in [0.25, 0.3) is 0 Å². The topological polar surface area (TPSA) is 93.1 Å². The van der Waals surface area contributed by atoms with Crippen molar-refractivity contribution in [3.8, 4) is 0 Å². The average molecular weight is 441 g/mol. The summed E-state index contributed by atoms with van der Waals surface area (Å²) in [5, 5.41) is 7.19. The van der Waals surface area contributed by atoms with E-state index < -0.39 is 10.0 Å². The van der Waals surface area contributed by atoms with E-state index in [0.29, 0.717) is 29.9 Å². The number of anilines is 2. The highest BCUT2D eigenvalue weighted by Gasteiger charge is 2.27. The molecule has 2 N–H and O–H groups in total. The highest BCUT2D eigenvalue weighted by Crippen LogP contribution is 2.26. The lowest BCUT2D eigenvalue weighted by atomic mass is 10.1. The Kier molecular flexibility index (Phi) is 6.80. The zero-order chi connectivity index (χ0) is 22.6. The second-order valence-electron chi connectivity index (χ2n) is 7.21. The lowest BCUT2D eigenvalue weighted by Crippen LogP contribution is -2.20. The summed E-state index contributed by atoms with van der Waals surface area (Å²) >= 11 is 0. The van der Waals surface area contributed by atoms with Crippen molar-refractivity contribution in [1.29, 1.82) is 0 Å². The third kappa shape index (κ3) is 4.80. The summed E-state index contributed by atoms with van der Waals surface area (Å²) in [5.41, 5.74) is 3.41. The van der Waals surface area contributed by atoms with Crippen LogP contribution in [0.5, 0.6) is 0 Å². The van der Waals surface area contributed by atoms with Gasteiger partial charge in [-0.1, -0.05) is 45.0 Å². The second kappa shape index (κ2) is 9.34. The normalized spacial score (nSPS) is 11.4. The number of hydrogen-bond acceptors (Lipinski definition) is 4. The Labute approximate surface area is 183 Å². The first kappa shape index (κ1) is 22.6. The van der Waals surface area contributed by atoms with Crippen LogP contribution in [0, 0.1) is 0 Å². The molecule has 164 valence electrons. The Morgan fingerprint density at radius 2 is 1.65 bits per heavy atom. The van der Waals surface area contributed by atoms with Crippen molar-refractivity contribution in [2.45, 2.75) is 44.9 Å². The zero-order valence-corrected chi connectivity index (χ0v) is 19.1. The van der Waals surface area contributed by atoms with Gasteiger partial charge in [0.15, 0.2) is 0 Å². The Morgan fingerprint density at radius 1 is 0.968 bits per heavy atom. The molecule has 0 bridgehead atoms. The second-order valence-corrected chi connectivity index (χ2v) is 8.83. The van der Waals surface area contributed by atoms with Crippen molar-refractivity contribution in [1.82, 2.24) is 9.78 Å². The molecule has 7 nitrogen and oxygen atoms in total. The summed E-state index contributed by atoms with van der Waals surface area (Å²) < 4.78 is 30.8. The fourth-order valence-corrected chi connectivity index (χ4v) is 5.17. The molecule has 0 saturated carbocycles. The van der Waals surface area contributed by atoms with Gasteiger partial charge in [-0.2, -0.15) is 5.10 Å². The Hall–Kier alpha value is -3.13. The van der Waals surface area contributed by atoms with Crippen LogP contribution in [-0.2, 0) is 36.3 Å². The van der Waals surface area contributed by atoms with Crippen LogP contribution in [-0.4, -0.2) is 24.1 Å². The van der Waals surface area contributed by atoms with Gasteiger partial charge in [0, 0.05) is 12.7 Å². The lowest BCUT2D eigenvalue weighted by molar-refractivity contribution is 0.102. The molecule has 0 atom stereocenters. The molecule has 31 heavy (non-hydrogen) atoms. The third-order valence-corrected chi connectivity index (χ3v) is 6.66. The van der Waals surface area contributed by atoms with Crippen molar-refractivity contribution >= 4 is 27.3 Å². The van der Waals surface area contributed by atoms with Crippen LogP contribution in [0.2, 0.25) is 0 Å². The number of nitrogens with zero attached hydrogens (tertiary/aromatic N) is 2. The van der Waals surface area contributed by atoms with Gasteiger partial charge in [-0.05, 0) is 49.1 Å². The summed E-state index contributed by atoms with van der Waals surface area (Å²) in [6.07, 6.45) is 1.92. The van der Waals surface area contributed by atoms with Gasteiger partial charge in [0.1, 0.15) is 4.90 Å². The van der Waals surface area contributed by atoms with Crippen LogP contribution in [0.15, 0.2) is 53.4 Å². The molecule has 0 aliphatic heterocycles. The molecule has 0 saturated heterocycles. The fourth-order valence-electron chi connectivity index (χ4n) is 3.52. The Balaban J connectivity index is 1.92. The number of sulfonamides is 1. The number of amides is 1. The predicted octanol–water partition coefficient (Wildman–Crippen LogP) is 4.16. The highest BCUT2D eigenvalue weighted by molar-refractivity contribution is 7.92. The molecular weight excluding hydrogens is 412 g/mol. The first-order valence-electron chi connectivity index (χ1n) is 10.4. The van der Waals surface area contributed by atoms with Crippen LogP contribution in [0.1, 0.15) is 48.1 Å². The van der Waals surface area contributed by atoms with E-state index in [2.05, 4.69) is 22.1 Å². The third-order valence-electron chi connectivity index (χ3n) is 5.16.